The fourth-order valence-electron chi connectivity index (χ4n) is 1.76. The Morgan fingerprint density at radius 1 is 1.35 bits per heavy atom. The molecule has 1 aromatic heterocycles. The number of fused-ring (bicyclic) bond motifs is 1. The molecular weight excluding hydrogens is 212 g/mol. The molecule has 0 fully saturated rings. The second-order valence-electron chi connectivity index (χ2n) is 3.48. The number of imidazole rings is 1. The fraction of sp³-hybridized carbons (Fsp3) is 0.154. The van der Waals surface area contributed by atoms with E-state index in [1.54, 1.807) is 0 Å². The summed E-state index contributed by atoms with van der Waals surface area (Å²) in [6.45, 7) is 2.75. The van der Waals surface area contributed by atoms with Gasteiger partial charge >= 0.3 is 0 Å². The normalized spacial score (nSPS) is 9.59. The molecule has 0 unspecified atom stereocenters. The number of aromatic nitrogens is 2. The van der Waals surface area contributed by atoms with Gasteiger partial charge in [-0.1, -0.05) is 12.1 Å². The number of aryl methyl sites for hydroxylation is 1. The lowest BCUT2D eigenvalue weighted by Crippen LogP contribution is -1.97. The van der Waals surface area contributed by atoms with Gasteiger partial charge in [0.15, 0.2) is 0 Å². The molecule has 0 saturated carbocycles. The number of hydrogen-bond donors (Lipinski definition) is 0. The third kappa shape index (κ3) is 1.89. The number of allylic oxidation sites excluding steroid dienone is 1. The first-order valence-corrected chi connectivity index (χ1v) is 5.27. The van der Waals surface area contributed by atoms with Crippen molar-refractivity contribution in [3.8, 4) is 12.1 Å². The van der Waals surface area contributed by atoms with Crippen LogP contribution < -0.4 is 0 Å². The lowest BCUT2D eigenvalue weighted by molar-refractivity contribution is 0.777. The summed E-state index contributed by atoms with van der Waals surface area (Å²) in [5, 5.41) is 17.5. The van der Waals surface area contributed by atoms with Crippen LogP contribution in [-0.2, 0) is 6.54 Å². The van der Waals surface area contributed by atoms with Gasteiger partial charge in [0, 0.05) is 12.6 Å². The molecule has 82 valence electrons. The monoisotopic (exact) mass is 222 g/mol. The Bertz CT molecular complexity index is 649. The molecule has 0 amide bonds. The lowest BCUT2D eigenvalue weighted by atomic mass is 10.3. The second kappa shape index (κ2) is 4.51. The molecule has 1 heterocycles. The maximum Gasteiger partial charge on any atom is 0.135 e. The Hall–Kier alpha value is -2.59. The predicted octanol–water partition coefficient (Wildman–Crippen LogP) is 2.49. The summed E-state index contributed by atoms with van der Waals surface area (Å²) in [6.07, 6.45) is 1.52. The molecular formula is C13H10N4. The van der Waals surface area contributed by atoms with Crippen LogP contribution in [0.15, 0.2) is 29.8 Å². The van der Waals surface area contributed by atoms with Crippen LogP contribution in [0.2, 0.25) is 0 Å². The van der Waals surface area contributed by atoms with E-state index in [0.717, 1.165) is 17.6 Å². The van der Waals surface area contributed by atoms with Crippen molar-refractivity contribution >= 4 is 17.1 Å². The van der Waals surface area contributed by atoms with Crippen LogP contribution in [0.25, 0.3) is 17.1 Å². The summed E-state index contributed by atoms with van der Waals surface area (Å²) in [6, 6.07) is 11.4. The SMILES string of the molecule is CCn1c(C=C(C#N)C#N)nc2ccccc21. The molecule has 4 heteroatoms. The summed E-state index contributed by atoms with van der Waals surface area (Å²) >= 11 is 0. The standard InChI is InChI=1S/C13H10N4/c1-2-17-12-6-4-3-5-11(12)16-13(17)7-10(8-14)9-15/h3-7H,2H2,1H3. The third-order valence-electron chi connectivity index (χ3n) is 2.51. The van der Waals surface area contributed by atoms with E-state index in [4.69, 9.17) is 10.5 Å². The summed E-state index contributed by atoms with van der Waals surface area (Å²) in [4.78, 5) is 4.40. The van der Waals surface area contributed by atoms with Crippen molar-refractivity contribution < 1.29 is 0 Å². The Morgan fingerprint density at radius 3 is 2.71 bits per heavy atom. The van der Waals surface area contributed by atoms with Crippen molar-refractivity contribution in [1.29, 1.82) is 10.5 Å². The maximum absolute atomic E-state index is 8.75. The van der Waals surface area contributed by atoms with Crippen LogP contribution >= 0.6 is 0 Å². The van der Waals surface area contributed by atoms with Gasteiger partial charge in [-0.3, -0.25) is 0 Å². The zero-order valence-corrected chi connectivity index (χ0v) is 9.38. The van der Waals surface area contributed by atoms with E-state index in [2.05, 4.69) is 4.98 Å². The van der Waals surface area contributed by atoms with Crippen LogP contribution in [0.1, 0.15) is 12.7 Å². The predicted molar refractivity (Wildman–Crippen MR) is 64.6 cm³/mol. The highest BCUT2D eigenvalue weighted by atomic mass is 15.1. The average Bonchev–Trinajstić information content (AvgIpc) is 2.72. The zero-order chi connectivity index (χ0) is 12.3. The molecule has 0 spiro atoms. The van der Waals surface area contributed by atoms with E-state index in [-0.39, 0.29) is 5.57 Å². The molecule has 0 radical (unpaired) electrons. The van der Waals surface area contributed by atoms with Crippen molar-refractivity contribution in [2.24, 2.45) is 0 Å². The molecule has 2 rings (SSSR count). The molecule has 1 aromatic carbocycles. The summed E-state index contributed by atoms with van der Waals surface area (Å²) < 4.78 is 1.98. The van der Waals surface area contributed by atoms with Gasteiger partial charge in [0.25, 0.3) is 0 Å². The van der Waals surface area contributed by atoms with Crippen LogP contribution in [0.4, 0.5) is 0 Å². The Morgan fingerprint density at radius 2 is 2.06 bits per heavy atom. The molecule has 0 aliphatic rings. The Balaban J connectivity index is 2.67. The highest BCUT2D eigenvalue weighted by Crippen LogP contribution is 2.17. The smallest absolute Gasteiger partial charge is 0.135 e. The van der Waals surface area contributed by atoms with E-state index in [0.29, 0.717) is 5.82 Å². The Kier molecular flexibility index (Phi) is 2.89. The third-order valence-corrected chi connectivity index (χ3v) is 2.51. The van der Waals surface area contributed by atoms with E-state index in [9.17, 15) is 0 Å². The molecule has 0 saturated heterocycles. The number of benzene rings is 1. The minimum Gasteiger partial charge on any atom is -0.325 e. The summed E-state index contributed by atoms with van der Waals surface area (Å²) in [7, 11) is 0. The number of nitrogens with zero attached hydrogens (tertiary/aromatic N) is 4. The number of hydrogen-bond acceptors (Lipinski definition) is 3. The molecule has 0 aliphatic carbocycles. The van der Waals surface area contributed by atoms with E-state index in [1.165, 1.54) is 6.08 Å². The number of rotatable bonds is 2. The van der Waals surface area contributed by atoms with Gasteiger partial charge in [0.1, 0.15) is 23.5 Å². The van der Waals surface area contributed by atoms with Crippen LogP contribution in [-0.4, -0.2) is 9.55 Å². The van der Waals surface area contributed by atoms with Gasteiger partial charge in [-0.05, 0) is 19.1 Å². The molecule has 4 nitrogen and oxygen atoms in total. The van der Waals surface area contributed by atoms with Crippen molar-refractivity contribution in [2.75, 3.05) is 0 Å². The van der Waals surface area contributed by atoms with Crippen LogP contribution in [0, 0.1) is 22.7 Å². The van der Waals surface area contributed by atoms with Crippen LogP contribution in [0.5, 0.6) is 0 Å². The largest absolute Gasteiger partial charge is 0.325 e. The van der Waals surface area contributed by atoms with Crippen molar-refractivity contribution in [2.45, 2.75) is 13.5 Å². The van der Waals surface area contributed by atoms with E-state index in [1.807, 2.05) is 47.9 Å². The minimum absolute atomic E-state index is 0.0648. The lowest BCUT2D eigenvalue weighted by Gasteiger charge is -2.01. The first-order chi connectivity index (χ1) is 8.30. The highest BCUT2D eigenvalue weighted by Gasteiger charge is 2.07. The van der Waals surface area contributed by atoms with E-state index < -0.39 is 0 Å². The van der Waals surface area contributed by atoms with Crippen molar-refractivity contribution in [3.05, 3.63) is 35.7 Å². The van der Waals surface area contributed by atoms with Gasteiger partial charge in [-0.2, -0.15) is 10.5 Å². The number of nitriles is 2. The minimum atomic E-state index is 0.0648. The first kappa shape index (κ1) is 10.9. The highest BCUT2D eigenvalue weighted by molar-refractivity contribution is 5.78. The molecule has 0 aliphatic heterocycles. The summed E-state index contributed by atoms with van der Waals surface area (Å²) in [5.74, 6) is 0.645. The van der Waals surface area contributed by atoms with E-state index >= 15 is 0 Å². The van der Waals surface area contributed by atoms with Crippen molar-refractivity contribution in [3.63, 3.8) is 0 Å². The van der Waals surface area contributed by atoms with Gasteiger partial charge in [0.2, 0.25) is 0 Å². The Labute approximate surface area is 99.0 Å². The zero-order valence-electron chi connectivity index (χ0n) is 9.38. The fourth-order valence-corrected chi connectivity index (χ4v) is 1.76. The first-order valence-electron chi connectivity index (χ1n) is 5.27. The van der Waals surface area contributed by atoms with Crippen LogP contribution in [0.3, 0.4) is 0 Å². The van der Waals surface area contributed by atoms with Gasteiger partial charge < -0.3 is 4.57 Å². The van der Waals surface area contributed by atoms with Gasteiger partial charge in [0.05, 0.1) is 11.0 Å². The molecule has 17 heavy (non-hydrogen) atoms. The van der Waals surface area contributed by atoms with Gasteiger partial charge in [-0.15, -0.1) is 0 Å². The van der Waals surface area contributed by atoms with Crippen molar-refractivity contribution in [1.82, 2.24) is 9.55 Å². The maximum atomic E-state index is 8.75. The average molecular weight is 222 g/mol. The number of para-hydroxylation sites is 2. The molecule has 0 N–H and O–H groups in total. The topological polar surface area (TPSA) is 65.4 Å². The second-order valence-corrected chi connectivity index (χ2v) is 3.48. The quantitative estimate of drug-likeness (QED) is 0.733. The molecule has 2 aromatic rings. The molecule has 0 bridgehead atoms. The summed E-state index contributed by atoms with van der Waals surface area (Å²) in [5.41, 5.74) is 1.95. The molecule has 0 atom stereocenters. The van der Waals surface area contributed by atoms with Gasteiger partial charge in [-0.25, -0.2) is 4.98 Å².